The molecular formula is C17H22N2O. The van der Waals surface area contributed by atoms with Crippen LogP contribution in [0.25, 0.3) is 0 Å². The topological polar surface area (TPSA) is 41.1 Å². The molecule has 4 rings (SSSR count). The predicted octanol–water partition coefficient (Wildman–Crippen LogP) is 1.83. The summed E-state index contributed by atoms with van der Waals surface area (Å²) >= 11 is 0. The predicted molar refractivity (Wildman–Crippen MR) is 78.5 cm³/mol. The van der Waals surface area contributed by atoms with Crippen LogP contribution >= 0.6 is 0 Å². The third-order valence-corrected chi connectivity index (χ3v) is 5.47. The Bertz CT molecular complexity index is 527. The third-order valence-electron chi connectivity index (χ3n) is 5.47. The largest absolute Gasteiger partial charge is 0.353 e. The first-order valence-corrected chi connectivity index (χ1v) is 7.90. The lowest BCUT2D eigenvalue weighted by Crippen LogP contribution is -2.44. The van der Waals surface area contributed by atoms with E-state index in [-0.39, 0.29) is 11.8 Å². The fourth-order valence-electron chi connectivity index (χ4n) is 4.23. The summed E-state index contributed by atoms with van der Waals surface area (Å²) in [6.07, 6.45) is 4.51. The highest BCUT2D eigenvalue weighted by Crippen LogP contribution is 2.36. The molecule has 2 unspecified atom stereocenters. The SMILES string of the molecule is O=C(NC1CC[C@H]2CNC[C@H]2C1)C1Cc2ccccc21. The Labute approximate surface area is 120 Å². The fourth-order valence-corrected chi connectivity index (χ4v) is 4.23. The first-order chi connectivity index (χ1) is 9.81. The van der Waals surface area contributed by atoms with E-state index >= 15 is 0 Å². The van der Waals surface area contributed by atoms with E-state index in [1.54, 1.807) is 0 Å². The number of nitrogens with one attached hydrogen (secondary N) is 2. The van der Waals surface area contributed by atoms with E-state index in [1.807, 2.05) is 6.07 Å². The van der Waals surface area contributed by atoms with E-state index in [4.69, 9.17) is 0 Å². The van der Waals surface area contributed by atoms with Crippen LogP contribution in [0.15, 0.2) is 24.3 Å². The Morgan fingerprint density at radius 2 is 2.00 bits per heavy atom. The molecule has 0 radical (unpaired) electrons. The van der Waals surface area contributed by atoms with Crippen LogP contribution in [-0.2, 0) is 11.2 Å². The van der Waals surface area contributed by atoms with Crippen LogP contribution in [0.1, 0.15) is 36.3 Å². The van der Waals surface area contributed by atoms with E-state index < -0.39 is 0 Å². The first kappa shape index (κ1) is 12.4. The first-order valence-electron chi connectivity index (χ1n) is 7.90. The molecule has 106 valence electrons. The summed E-state index contributed by atoms with van der Waals surface area (Å²) in [6.45, 7) is 2.32. The average molecular weight is 270 g/mol. The zero-order valence-electron chi connectivity index (χ0n) is 11.8. The van der Waals surface area contributed by atoms with Gasteiger partial charge in [-0.1, -0.05) is 24.3 Å². The lowest BCUT2D eigenvalue weighted by Gasteiger charge is -2.35. The van der Waals surface area contributed by atoms with Gasteiger partial charge in [-0.25, -0.2) is 0 Å². The molecule has 2 fully saturated rings. The maximum atomic E-state index is 12.4. The molecule has 3 aliphatic rings. The molecule has 1 amide bonds. The summed E-state index contributed by atoms with van der Waals surface area (Å²) in [5, 5.41) is 6.79. The minimum Gasteiger partial charge on any atom is -0.353 e. The van der Waals surface area contributed by atoms with E-state index in [1.165, 1.54) is 24.1 Å². The molecule has 0 aromatic heterocycles. The molecular weight excluding hydrogens is 248 g/mol. The van der Waals surface area contributed by atoms with Gasteiger partial charge in [-0.15, -0.1) is 0 Å². The summed E-state index contributed by atoms with van der Waals surface area (Å²) in [5.74, 6) is 1.99. The van der Waals surface area contributed by atoms with Gasteiger partial charge in [0.2, 0.25) is 5.91 Å². The van der Waals surface area contributed by atoms with Crippen LogP contribution in [-0.4, -0.2) is 25.0 Å². The average Bonchev–Trinajstić information content (AvgIpc) is 2.87. The highest BCUT2D eigenvalue weighted by molar-refractivity contribution is 5.87. The van der Waals surface area contributed by atoms with E-state index in [0.717, 1.165) is 37.6 Å². The number of rotatable bonds is 2. The smallest absolute Gasteiger partial charge is 0.228 e. The van der Waals surface area contributed by atoms with Crippen molar-refractivity contribution in [2.75, 3.05) is 13.1 Å². The second kappa shape index (κ2) is 4.88. The van der Waals surface area contributed by atoms with Gasteiger partial charge >= 0.3 is 0 Å². The van der Waals surface area contributed by atoms with Gasteiger partial charge in [-0.05, 0) is 61.7 Å². The number of carbonyl (C=O) groups is 1. The normalized spacial score (nSPS) is 34.8. The number of benzene rings is 1. The van der Waals surface area contributed by atoms with Gasteiger partial charge in [0.1, 0.15) is 0 Å². The second-order valence-corrected chi connectivity index (χ2v) is 6.65. The maximum absolute atomic E-state index is 12.4. The van der Waals surface area contributed by atoms with Crippen molar-refractivity contribution < 1.29 is 4.79 Å². The monoisotopic (exact) mass is 270 g/mol. The van der Waals surface area contributed by atoms with Gasteiger partial charge in [0, 0.05) is 6.04 Å². The van der Waals surface area contributed by atoms with Crippen molar-refractivity contribution in [2.24, 2.45) is 11.8 Å². The van der Waals surface area contributed by atoms with Crippen molar-refractivity contribution >= 4 is 5.91 Å². The van der Waals surface area contributed by atoms with E-state index in [9.17, 15) is 4.79 Å². The third kappa shape index (κ3) is 2.05. The quantitative estimate of drug-likeness (QED) is 0.861. The zero-order valence-corrected chi connectivity index (χ0v) is 11.8. The van der Waals surface area contributed by atoms with Crippen molar-refractivity contribution in [3.05, 3.63) is 35.4 Å². The lowest BCUT2D eigenvalue weighted by molar-refractivity contribution is -0.124. The van der Waals surface area contributed by atoms with Crippen LogP contribution in [0, 0.1) is 11.8 Å². The number of carbonyl (C=O) groups excluding carboxylic acids is 1. The van der Waals surface area contributed by atoms with Crippen LogP contribution in [0.4, 0.5) is 0 Å². The molecule has 1 saturated heterocycles. The van der Waals surface area contributed by atoms with Gasteiger partial charge in [0.05, 0.1) is 5.92 Å². The molecule has 1 aromatic carbocycles. The molecule has 20 heavy (non-hydrogen) atoms. The summed E-state index contributed by atoms with van der Waals surface area (Å²) in [4.78, 5) is 12.4. The molecule has 3 heteroatoms. The molecule has 0 bridgehead atoms. The van der Waals surface area contributed by atoms with Crippen molar-refractivity contribution in [3.63, 3.8) is 0 Å². The Kier molecular flexibility index (Phi) is 3.03. The molecule has 2 N–H and O–H groups in total. The van der Waals surface area contributed by atoms with Crippen LogP contribution in [0.5, 0.6) is 0 Å². The van der Waals surface area contributed by atoms with Crippen molar-refractivity contribution in [2.45, 2.75) is 37.6 Å². The van der Waals surface area contributed by atoms with Gasteiger partial charge in [-0.2, -0.15) is 0 Å². The van der Waals surface area contributed by atoms with E-state index in [2.05, 4.69) is 28.8 Å². The minimum absolute atomic E-state index is 0.102. The number of fused-ring (bicyclic) bond motifs is 2. The molecule has 1 heterocycles. The highest BCUT2D eigenvalue weighted by Gasteiger charge is 2.37. The number of hydrogen-bond acceptors (Lipinski definition) is 2. The summed E-state index contributed by atoms with van der Waals surface area (Å²) < 4.78 is 0. The lowest BCUT2D eigenvalue weighted by atomic mass is 9.76. The molecule has 4 atom stereocenters. The Balaban J connectivity index is 1.37. The molecule has 1 aliphatic heterocycles. The number of amides is 1. The van der Waals surface area contributed by atoms with E-state index in [0.29, 0.717) is 6.04 Å². The van der Waals surface area contributed by atoms with Crippen LogP contribution in [0.2, 0.25) is 0 Å². The molecule has 0 spiro atoms. The molecule has 3 nitrogen and oxygen atoms in total. The number of hydrogen-bond donors (Lipinski definition) is 2. The van der Waals surface area contributed by atoms with Gasteiger partial charge in [-0.3, -0.25) is 4.79 Å². The standard InChI is InChI=1S/C17H22N2O/c20-17(16-8-11-3-1-2-4-15(11)16)19-14-6-5-12-9-18-10-13(12)7-14/h1-4,12-14,16,18H,5-10H2,(H,19,20)/t12-,13+,14?,16?/m0/s1. The Hall–Kier alpha value is -1.35. The summed E-state index contributed by atoms with van der Waals surface area (Å²) in [6, 6.07) is 8.72. The molecule has 1 saturated carbocycles. The Morgan fingerprint density at radius 1 is 1.15 bits per heavy atom. The highest BCUT2D eigenvalue weighted by atomic mass is 16.2. The summed E-state index contributed by atoms with van der Waals surface area (Å²) in [7, 11) is 0. The second-order valence-electron chi connectivity index (χ2n) is 6.65. The van der Waals surface area contributed by atoms with Crippen LogP contribution < -0.4 is 10.6 Å². The van der Waals surface area contributed by atoms with Crippen molar-refractivity contribution in [1.29, 1.82) is 0 Å². The summed E-state index contributed by atoms with van der Waals surface area (Å²) in [5.41, 5.74) is 2.58. The van der Waals surface area contributed by atoms with Gasteiger partial charge in [0.25, 0.3) is 0 Å². The van der Waals surface area contributed by atoms with Gasteiger partial charge < -0.3 is 10.6 Å². The minimum atomic E-state index is 0.102. The zero-order chi connectivity index (χ0) is 13.5. The fraction of sp³-hybridized carbons (Fsp3) is 0.588. The van der Waals surface area contributed by atoms with Crippen molar-refractivity contribution in [3.8, 4) is 0 Å². The Morgan fingerprint density at radius 3 is 2.90 bits per heavy atom. The molecule has 1 aromatic rings. The van der Waals surface area contributed by atoms with Crippen LogP contribution in [0.3, 0.4) is 0 Å². The molecule has 2 aliphatic carbocycles. The van der Waals surface area contributed by atoms with Crippen molar-refractivity contribution in [1.82, 2.24) is 10.6 Å². The maximum Gasteiger partial charge on any atom is 0.228 e. The van der Waals surface area contributed by atoms with Gasteiger partial charge in [0.15, 0.2) is 0 Å².